The third-order valence-corrected chi connectivity index (χ3v) is 3.62. The molecule has 0 spiro atoms. The molecule has 1 amide bonds. The lowest BCUT2D eigenvalue weighted by molar-refractivity contribution is -0.140. The van der Waals surface area contributed by atoms with Crippen LogP contribution in [0.25, 0.3) is 0 Å². The Morgan fingerprint density at radius 3 is 2.60 bits per heavy atom. The van der Waals surface area contributed by atoms with Gasteiger partial charge in [-0.15, -0.1) is 0 Å². The number of likely N-dealkylation sites (N-methyl/N-ethyl adjacent to an activating group) is 1. The summed E-state index contributed by atoms with van der Waals surface area (Å²) in [5, 5.41) is 13.0. The van der Waals surface area contributed by atoms with Crippen LogP contribution in [0.15, 0.2) is 0 Å². The Balaban J connectivity index is 2.13. The van der Waals surface area contributed by atoms with E-state index in [1.54, 1.807) is 0 Å². The first-order chi connectivity index (χ1) is 9.45. The van der Waals surface area contributed by atoms with E-state index in [1.807, 2.05) is 11.9 Å². The molecule has 0 saturated heterocycles. The van der Waals surface area contributed by atoms with Crippen LogP contribution in [-0.4, -0.2) is 61.3 Å². The van der Waals surface area contributed by atoms with Crippen LogP contribution in [0.5, 0.6) is 0 Å². The average Bonchev–Trinajstić information content (AvgIpc) is 2.80. The van der Waals surface area contributed by atoms with Gasteiger partial charge in [-0.3, -0.25) is 14.5 Å². The molecule has 0 aliphatic heterocycles. The molecule has 0 radical (unpaired) electrons. The molecule has 1 aliphatic rings. The fraction of sp³-hybridized carbons (Fsp3) is 0.857. The highest BCUT2D eigenvalue weighted by Gasteiger charge is 2.32. The number of hydrogen-bond donors (Lipinski definition) is 2. The molecule has 2 N–H and O–H groups in total. The maximum Gasteiger partial charge on any atom is 0.305 e. The number of nitrogens with zero attached hydrogens (tertiary/aromatic N) is 1. The molecule has 0 aromatic heterocycles. The van der Waals surface area contributed by atoms with Gasteiger partial charge in [-0.1, -0.05) is 12.8 Å². The Morgan fingerprint density at radius 2 is 2.00 bits per heavy atom. The van der Waals surface area contributed by atoms with E-state index in [0.717, 1.165) is 25.7 Å². The van der Waals surface area contributed by atoms with Crippen molar-refractivity contribution in [1.29, 1.82) is 0 Å². The molecule has 0 aromatic rings. The zero-order chi connectivity index (χ0) is 15.0. The summed E-state index contributed by atoms with van der Waals surface area (Å²) in [6.45, 7) is 1.26. The summed E-state index contributed by atoms with van der Waals surface area (Å²) in [6.07, 6.45) is 4.64. The molecule has 1 saturated carbocycles. The summed E-state index contributed by atoms with van der Waals surface area (Å²) in [5.41, 5.74) is -0.625. The highest BCUT2D eigenvalue weighted by molar-refractivity contribution is 5.78. The summed E-state index contributed by atoms with van der Waals surface area (Å²) in [7, 11) is 3.19. The maximum absolute atomic E-state index is 11.7. The number of aliphatic hydroxyl groups is 1. The van der Waals surface area contributed by atoms with Crippen LogP contribution in [0.1, 0.15) is 38.5 Å². The summed E-state index contributed by atoms with van der Waals surface area (Å²) < 4.78 is 4.52. The van der Waals surface area contributed by atoms with E-state index in [4.69, 9.17) is 0 Å². The predicted octanol–water partition coefficient (Wildman–Crippen LogP) is 0.293. The van der Waals surface area contributed by atoms with Gasteiger partial charge < -0.3 is 15.2 Å². The highest BCUT2D eigenvalue weighted by Crippen LogP contribution is 2.29. The first-order valence-electron chi connectivity index (χ1n) is 7.20. The van der Waals surface area contributed by atoms with Gasteiger partial charge in [-0.25, -0.2) is 0 Å². The Labute approximate surface area is 120 Å². The van der Waals surface area contributed by atoms with E-state index in [0.29, 0.717) is 25.9 Å². The fourth-order valence-electron chi connectivity index (χ4n) is 2.61. The molecule has 1 fully saturated rings. The van der Waals surface area contributed by atoms with Crippen LogP contribution in [0.3, 0.4) is 0 Å². The number of nitrogens with one attached hydrogen (secondary N) is 1. The van der Waals surface area contributed by atoms with Gasteiger partial charge in [0.25, 0.3) is 0 Å². The lowest BCUT2D eigenvalue weighted by Gasteiger charge is -2.28. The van der Waals surface area contributed by atoms with E-state index < -0.39 is 5.60 Å². The molecule has 116 valence electrons. The largest absolute Gasteiger partial charge is 0.469 e. The van der Waals surface area contributed by atoms with Crippen molar-refractivity contribution in [3.05, 3.63) is 0 Å². The second kappa shape index (κ2) is 8.21. The Hall–Kier alpha value is -1.14. The van der Waals surface area contributed by atoms with Crippen molar-refractivity contribution in [1.82, 2.24) is 10.2 Å². The molecule has 0 aromatic carbocycles. The second-order valence-electron chi connectivity index (χ2n) is 5.63. The number of hydrogen-bond acceptors (Lipinski definition) is 5. The van der Waals surface area contributed by atoms with Crippen molar-refractivity contribution in [2.24, 2.45) is 0 Å². The van der Waals surface area contributed by atoms with Gasteiger partial charge >= 0.3 is 5.97 Å². The van der Waals surface area contributed by atoms with E-state index >= 15 is 0 Å². The van der Waals surface area contributed by atoms with Crippen LogP contribution >= 0.6 is 0 Å². The van der Waals surface area contributed by atoms with Gasteiger partial charge in [0.1, 0.15) is 0 Å². The van der Waals surface area contributed by atoms with Gasteiger partial charge in [0.05, 0.1) is 19.3 Å². The number of carbonyl (C=O) groups is 2. The molecule has 20 heavy (non-hydrogen) atoms. The minimum atomic E-state index is -0.625. The maximum atomic E-state index is 11.7. The molecule has 1 rings (SSSR count). The van der Waals surface area contributed by atoms with Crippen LogP contribution in [0, 0.1) is 0 Å². The fourth-order valence-corrected chi connectivity index (χ4v) is 2.61. The van der Waals surface area contributed by atoms with Crippen molar-refractivity contribution in [3.63, 3.8) is 0 Å². The van der Waals surface area contributed by atoms with Crippen molar-refractivity contribution in [3.8, 4) is 0 Å². The van der Waals surface area contributed by atoms with Crippen molar-refractivity contribution in [2.75, 3.05) is 33.8 Å². The Kier molecular flexibility index (Phi) is 6.95. The minimum absolute atomic E-state index is 0.0843. The SMILES string of the molecule is COC(=O)CCCNC(=O)CN(C)CC1(O)CCCC1. The van der Waals surface area contributed by atoms with E-state index in [1.165, 1.54) is 7.11 Å². The topological polar surface area (TPSA) is 78.9 Å². The standard InChI is InChI=1S/C14H26N2O4/c1-16(11-14(19)7-3-4-8-14)10-12(17)15-9-5-6-13(18)20-2/h19H,3-11H2,1-2H3,(H,15,17). The molecule has 6 heteroatoms. The van der Waals surface area contributed by atoms with Gasteiger partial charge in [0, 0.05) is 19.5 Å². The predicted molar refractivity (Wildman–Crippen MR) is 75.2 cm³/mol. The molecule has 1 aliphatic carbocycles. The molecular weight excluding hydrogens is 260 g/mol. The first kappa shape index (κ1) is 16.9. The van der Waals surface area contributed by atoms with Crippen LogP contribution < -0.4 is 5.32 Å². The van der Waals surface area contributed by atoms with E-state index in [9.17, 15) is 14.7 Å². The molecule has 6 nitrogen and oxygen atoms in total. The van der Waals surface area contributed by atoms with Crippen molar-refractivity contribution < 1.29 is 19.4 Å². The smallest absolute Gasteiger partial charge is 0.305 e. The first-order valence-corrected chi connectivity index (χ1v) is 7.20. The monoisotopic (exact) mass is 286 g/mol. The van der Waals surface area contributed by atoms with E-state index in [2.05, 4.69) is 10.1 Å². The molecular formula is C14H26N2O4. The van der Waals surface area contributed by atoms with E-state index in [-0.39, 0.29) is 18.4 Å². The number of methoxy groups -OCH3 is 1. The quantitative estimate of drug-likeness (QED) is 0.495. The lowest BCUT2D eigenvalue weighted by atomic mass is 10.0. The highest BCUT2D eigenvalue weighted by atomic mass is 16.5. The summed E-state index contributed by atoms with van der Waals surface area (Å²) in [4.78, 5) is 24.4. The molecule has 0 heterocycles. The molecule has 0 unspecified atom stereocenters. The zero-order valence-electron chi connectivity index (χ0n) is 12.5. The summed E-state index contributed by atoms with van der Waals surface area (Å²) in [6, 6.07) is 0. The third-order valence-electron chi connectivity index (χ3n) is 3.62. The van der Waals surface area contributed by atoms with Crippen LogP contribution in [0.2, 0.25) is 0 Å². The van der Waals surface area contributed by atoms with Gasteiger partial charge in [-0.2, -0.15) is 0 Å². The van der Waals surface area contributed by atoms with Crippen molar-refractivity contribution >= 4 is 11.9 Å². The zero-order valence-corrected chi connectivity index (χ0v) is 12.5. The van der Waals surface area contributed by atoms with Gasteiger partial charge in [-0.05, 0) is 26.3 Å². The second-order valence-corrected chi connectivity index (χ2v) is 5.63. The lowest BCUT2D eigenvalue weighted by Crippen LogP contribution is -2.43. The summed E-state index contributed by atoms with van der Waals surface area (Å²) >= 11 is 0. The van der Waals surface area contributed by atoms with Crippen LogP contribution in [0.4, 0.5) is 0 Å². The number of ether oxygens (including phenoxy) is 1. The minimum Gasteiger partial charge on any atom is -0.469 e. The van der Waals surface area contributed by atoms with Gasteiger partial charge in [0.15, 0.2) is 0 Å². The number of amides is 1. The molecule has 0 bridgehead atoms. The summed E-state index contributed by atoms with van der Waals surface area (Å²) in [5.74, 6) is -0.348. The average molecular weight is 286 g/mol. The number of carbonyl (C=O) groups excluding carboxylic acids is 2. The van der Waals surface area contributed by atoms with Gasteiger partial charge in [0.2, 0.25) is 5.91 Å². The number of esters is 1. The Bertz CT molecular complexity index is 327. The third kappa shape index (κ3) is 6.34. The number of rotatable bonds is 8. The van der Waals surface area contributed by atoms with Crippen molar-refractivity contribution in [2.45, 2.75) is 44.1 Å². The Morgan fingerprint density at radius 1 is 1.35 bits per heavy atom. The normalized spacial score (nSPS) is 17.2. The molecule has 0 atom stereocenters. The van der Waals surface area contributed by atoms with Crippen LogP contribution in [-0.2, 0) is 14.3 Å².